The molecule has 0 unspecified atom stereocenters. The number of hydrogen-bond donors (Lipinski definition) is 1. The Balaban J connectivity index is 1.96. The summed E-state index contributed by atoms with van der Waals surface area (Å²) in [6.45, 7) is 0. The number of rotatable bonds is 1. The largest absolute Gasteiger partial charge is 0.508 e. The second-order valence-electron chi connectivity index (χ2n) is 4.69. The highest BCUT2D eigenvalue weighted by molar-refractivity contribution is 5.86. The molecule has 0 radical (unpaired) electrons. The van der Waals surface area contributed by atoms with Crippen LogP contribution in [0, 0.1) is 0 Å². The van der Waals surface area contributed by atoms with Gasteiger partial charge in [-0.25, -0.2) is 4.98 Å². The molecule has 3 aromatic heterocycles. The highest BCUT2D eigenvalue weighted by atomic mass is 16.3. The van der Waals surface area contributed by atoms with Crippen LogP contribution in [-0.2, 0) is 0 Å². The van der Waals surface area contributed by atoms with Crippen LogP contribution in [0.3, 0.4) is 0 Å². The molecule has 0 bridgehead atoms. The smallest absolute Gasteiger partial charge is 0.137 e. The molecule has 3 heterocycles. The lowest BCUT2D eigenvalue weighted by Gasteiger charge is -2.06. The summed E-state index contributed by atoms with van der Waals surface area (Å²) in [4.78, 5) is 8.63. The van der Waals surface area contributed by atoms with Gasteiger partial charge in [-0.05, 0) is 35.7 Å². The summed E-state index contributed by atoms with van der Waals surface area (Å²) in [6.07, 6.45) is 7.37. The summed E-state index contributed by atoms with van der Waals surface area (Å²) >= 11 is 0. The molecule has 4 aromatic rings. The highest BCUT2D eigenvalue weighted by Gasteiger charge is 2.05. The van der Waals surface area contributed by atoms with Gasteiger partial charge in [0.25, 0.3) is 0 Å². The van der Waals surface area contributed by atoms with Crippen LogP contribution in [0.4, 0.5) is 0 Å². The third kappa shape index (κ3) is 1.62. The van der Waals surface area contributed by atoms with E-state index in [0.29, 0.717) is 0 Å². The van der Waals surface area contributed by atoms with E-state index >= 15 is 0 Å². The average Bonchev–Trinajstić information content (AvgIpc) is 2.91. The van der Waals surface area contributed by atoms with E-state index in [1.54, 1.807) is 24.5 Å². The van der Waals surface area contributed by atoms with E-state index in [1.165, 1.54) is 0 Å². The van der Waals surface area contributed by atoms with Crippen molar-refractivity contribution in [2.24, 2.45) is 0 Å². The molecule has 0 atom stereocenters. The molecule has 0 aliphatic rings. The van der Waals surface area contributed by atoms with E-state index < -0.39 is 0 Å². The summed E-state index contributed by atoms with van der Waals surface area (Å²) < 4.78 is 2.01. The van der Waals surface area contributed by atoms with Crippen LogP contribution in [0.25, 0.3) is 27.5 Å². The predicted octanol–water partition coefficient (Wildman–Crippen LogP) is 3.28. The Kier molecular flexibility index (Phi) is 2.23. The minimum Gasteiger partial charge on any atom is -0.508 e. The maximum Gasteiger partial charge on any atom is 0.137 e. The predicted molar refractivity (Wildman–Crippen MR) is 78.0 cm³/mol. The van der Waals surface area contributed by atoms with E-state index in [4.69, 9.17) is 0 Å². The zero-order chi connectivity index (χ0) is 13.5. The van der Waals surface area contributed by atoms with Crippen molar-refractivity contribution in [2.75, 3.05) is 0 Å². The molecule has 0 spiro atoms. The Labute approximate surface area is 115 Å². The maximum atomic E-state index is 9.48. The monoisotopic (exact) mass is 261 g/mol. The standard InChI is InChI=1S/C16H11N3O/c20-14-2-1-12-8-16(18-9-13(12)7-14)19-6-4-11-3-5-17-10-15(11)19/h1-10,20H. The zero-order valence-corrected chi connectivity index (χ0v) is 10.6. The van der Waals surface area contributed by atoms with E-state index in [2.05, 4.69) is 9.97 Å². The summed E-state index contributed by atoms with van der Waals surface area (Å²) in [7, 11) is 0. The maximum absolute atomic E-state index is 9.48. The Morgan fingerprint density at radius 2 is 1.85 bits per heavy atom. The third-order valence-electron chi connectivity index (χ3n) is 3.43. The van der Waals surface area contributed by atoms with Crippen molar-refractivity contribution in [3.63, 3.8) is 0 Å². The van der Waals surface area contributed by atoms with Crippen molar-refractivity contribution in [1.29, 1.82) is 0 Å². The van der Waals surface area contributed by atoms with Crippen LogP contribution in [0.15, 0.2) is 61.2 Å². The van der Waals surface area contributed by atoms with Gasteiger partial charge in [-0.15, -0.1) is 0 Å². The number of nitrogens with zero attached hydrogens (tertiary/aromatic N) is 3. The summed E-state index contributed by atoms with van der Waals surface area (Å²) in [5.74, 6) is 1.09. The fraction of sp³-hybridized carbons (Fsp3) is 0. The van der Waals surface area contributed by atoms with E-state index in [1.807, 2.05) is 41.2 Å². The van der Waals surface area contributed by atoms with Crippen molar-refractivity contribution in [3.05, 3.63) is 61.2 Å². The van der Waals surface area contributed by atoms with Gasteiger partial charge < -0.3 is 5.11 Å². The number of pyridine rings is 2. The first-order valence-corrected chi connectivity index (χ1v) is 6.31. The summed E-state index contributed by atoms with van der Waals surface area (Å²) in [5.41, 5.74) is 1.03. The van der Waals surface area contributed by atoms with Crippen molar-refractivity contribution < 1.29 is 5.11 Å². The third-order valence-corrected chi connectivity index (χ3v) is 3.43. The Morgan fingerprint density at radius 1 is 0.900 bits per heavy atom. The second kappa shape index (κ2) is 4.06. The van der Waals surface area contributed by atoms with Gasteiger partial charge in [-0.2, -0.15) is 0 Å². The average molecular weight is 261 g/mol. The first kappa shape index (κ1) is 11.0. The molecule has 0 amide bonds. The number of fused-ring (bicyclic) bond motifs is 2. The fourth-order valence-electron chi connectivity index (χ4n) is 2.42. The van der Waals surface area contributed by atoms with Gasteiger partial charge in [0, 0.05) is 29.4 Å². The number of benzene rings is 1. The van der Waals surface area contributed by atoms with Gasteiger partial charge in [0.15, 0.2) is 0 Å². The molecule has 96 valence electrons. The van der Waals surface area contributed by atoms with E-state index in [9.17, 15) is 5.11 Å². The van der Waals surface area contributed by atoms with Crippen LogP contribution < -0.4 is 0 Å². The lowest BCUT2D eigenvalue weighted by Crippen LogP contribution is -1.95. The molecule has 0 saturated heterocycles. The molecule has 4 rings (SSSR count). The number of phenolic OH excluding ortho intramolecular Hbond substituents is 1. The van der Waals surface area contributed by atoms with Gasteiger partial charge in [0.1, 0.15) is 11.6 Å². The molecular weight excluding hydrogens is 250 g/mol. The van der Waals surface area contributed by atoms with Gasteiger partial charge in [0.2, 0.25) is 0 Å². The van der Waals surface area contributed by atoms with Crippen molar-refractivity contribution in [3.8, 4) is 11.6 Å². The second-order valence-corrected chi connectivity index (χ2v) is 4.69. The van der Waals surface area contributed by atoms with Crippen LogP contribution >= 0.6 is 0 Å². The minimum atomic E-state index is 0.252. The lowest BCUT2D eigenvalue weighted by atomic mass is 10.1. The van der Waals surface area contributed by atoms with Crippen LogP contribution in [0.1, 0.15) is 0 Å². The number of phenols is 1. The summed E-state index contributed by atoms with van der Waals surface area (Å²) in [6, 6.07) is 11.3. The molecule has 4 heteroatoms. The SMILES string of the molecule is Oc1ccc2cc(-n3ccc4ccncc43)ncc2c1. The van der Waals surface area contributed by atoms with E-state index in [-0.39, 0.29) is 5.75 Å². The van der Waals surface area contributed by atoms with Crippen molar-refractivity contribution in [1.82, 2.24) is 14.5 Å². The van der Waals surface area contributed by atoms with Crippen molar-refractivity contribution >= 4 is 21.7 Å². The Hall–Kier alpha value is -2.88. The topological polar surface area (TPSA) is 50.9 Å². The summed E-state index contributed by atoms with van der Waals surface area (Å²) in [5, 5.41) is 12.6. The molecule has 1 N–H and O–H groups in total. The fourth-order valence-corrected chi connectivity index (χ4v) is 2.42. The Morgan fingerprint density at radius 3 is 2.80 bits per heavy atom. The van der Waals surface area contributed by atoms with Gasteiger partial charge in [-0.1, -0.05) is 6.07 Å². The normalized spacial score (nSPS) is 11.2. The molecule has 4 nitrogen and oxygen atoms in total. The van der Waals surface area contributed by atoms with Crippen molar-refractivity contribution in [2.45, 2.75) is 0 Å². The molecule has 0 aliphatic heterocycles. The van der Waals surface area contributed by atoms with Crippen LogP contribution in [0.2, 0.25) is 0 Å². The van der Waals surface area contributed by atoms with Crippen LogP contribution in [0.5, 0.6) is 5.75 Å². The van der Waals surface area contributed by atoms with Gasteiger partial charge in [-0.3, -0.25) is 9.55 Å². The molecule has 1 aromatic carbocycles. The molecule has 0 fully saturated rings. The van der Waals surface area contributed by atoms with E-state index in [0.717, 1.165) is 27.5 Å². The number of aromatic nitrogens is 3. The first-order chi connectivity index (χ1) is 9.81. The highest BCUT2D eigenvalue weighted by Crippen LogP contribution is 2.23. The number of aromatic hydroxyl groups is 1. The van der Waals surface area contributed by atoms with Crippen LogP contribution in [-0.4, -0.2) is 19.6 Å². The number of hydrogen-bond acceptors (Lipinski definition) is 3. The molecule has 0 saturated carbocycles. The molecule has 20 heavy (non-hydrogen) atoms. The minimum absolute atomic E-state index is 0.252. The first-order valence-electron chi connectivity index (χ1n) is 6.31. The quantitative estimate of drug-likeness (QED) is 0.572. The van der Waals surface area contributed by atoms with Gasteiger partial charge in [0.05, 0.1) is 11.7 Å². The molecular formula is C16H11N3O. The Bertz CT molecular complexity index is 927. The van der Waals surface area contributed by atoms with Gasteiger partial charge >= 0.3 is 0 Å². The lowest BCUT2D eigenvalue weighted by molar-refractivity contribution is 0.476. The molecule has 0 aliphatic carbocycles. The zero-order valence-electron chi connectivity index (χ0n) is 10.6.